The van der Waals surface area contributed by atoms with Crippen molar-refractivity contribution in [1.29, 1.82) is 0 Å². The van der Waals surface area contributed by atoms with E-state index >= 15 is 0 Å². The van der Waals surface area contributed by atoms with E-state index in [1.807, 2.05) is 0 Å². The van der Waals surface area contributed by atoms with Crippen LogP contribution >= 0.6 is 0 Å². The molecule has 26 heavy (non-hydrogen) atoms. The maximum Gasteiger partial charge on any atom is 0.322 e. The summed E-state index contributed by atoms with van der Waals surface area (Å²) >= 11 is 0. The van der Waals surface area contributed by atoms with Gasteiger partial charge in [0.25, 0.3) is 11.8 Å². The van der Waals surface area contributed by atoms with Crippen LogP contribution in [0.1, 0.15) is 28.9 Å². The summed E-state index contributed by atoms with van der Waals surface area (Å²) in [7, 11) is 0. The fraction of sp³-hybridized carbons (Fsp3) is 0.333. The number of amides is 4. The van der Waals surface area contributed by atoms with Crippen molar-refractivity contribution in [2.24, 2.45) is 5.92 Å². The van der Waals surface area contributed by atoms with E-state index in [4.69, 9.17) is 0 Å². The number of likely N-dealkylation sites (tertiary alicyclic amines) is 1. The van der Waals surface area contributed by atoms with Crippen LogP contribution in [0.5, 0.6) is 0 Å². The summed E-state index contributed by atoms with van der Waals surface area (Å²) in [4.78, 5) is 45.9. The van der Waals surface area contributed by atoms with Crippen molar-refractivity contribution >= 4 is 17.8 Å². The minimum absolute atomic E-state index is 0.0520. The standard InChI is InChI=1S/C18H19N5O3/c24-15(14-4-2-8-20-14)23-9-5-12(6-10-23)18(13-3-1-7-19-11-13)16(25)21-17(26)22-18/h1-4,7-8,11-12,20H,5-6,9-10H2,(H2,21,22,25,26)/t18-/m1/s1. The predicted molar refractivity (Wildman–Crippen MR) is 92.0 cm³/mol. The number of urea groups is 1. The highest BCUT2D eigenvalue weighted by atomic mass is 16.2. The Morgan fingerprint density at radius 3 is 2.58 bits per heavy atom. The van der Waals surface area contributed by atoms with E-state index in [2.05, 4.69) is 20.6 Å². The van der Waals surface area contributed by atoms with E-state index in [1.165, 1.54) is 0 Å². The zero-order chi connectivity index (χ0) is 18.1. The number of carbonyl (C=O) groups is 3. The van der Waals surface area contributed by atoms with Crippen LogP contribution in [-0.2, 0) is 10.3 Å². The lowest BCUT2D eigenvalue weighted by atomic mass is 9.73. The molecular formula is C18H19N5O3. The number of piperidine rings is 1. The maximum atomic E-state index is 12.7. The number of rotatable bonds is 3. The predicted octanol–water partition coefficient (Wildman–Crippen LogP) is 0.997. The first-order chi connectivity index (χ1) is 12.6. The number of hydrogen-bond acceptors (Lipinski definition) is 4. The van der Waals surface area contributed by atoms with Gasteiger partial charge in [-0.15, -0.1) is 0 Å². The lowest BCUT2D eigenvalue weighted by Crippen LogP contribution is -2.54. The monoisotopic (exact) mass is 353 g/mol. The lowest BCUT2D eigenvalue weighted by Gasteiger charge is -2.40. The van der Waals surface area contributed by atoms with E-state index in [0.717, 1.165) is 0 Å². The largest absolute Gasteiger partial charge is 0.357 e. The van der Waals surface area contributed by atoms with Crippen molar-refractivity contribution in [3.63, 3.8) is 0 Å². The molecule has 0 aromatic carbocycles. The Balaban J connectivity index is 1.57. The van der Waals surface area contributed by atoms with Gasteiger partial charge in [0.05, 0.1) is 0 Å². The highest BCUT2D eigenvalue weighted by Crippen LogP contribution is 2.38. The van der Waals surface area contributed by atoms with Crippen LogP contribution in [0, 0.1) is 5.92 Å². The van der Waals surface area contributed by atoms with E-state index in [9.17, 15) is 14.4 Å². The Morgan fingerprint density at radius 1 is 1.19 bits per heavy atom. The lowest BCUT2D eigenvalue weighted by molar-refractivity contribution is -0.127. The summed E-state index contributed by atoms with van der Waals surface area (Å²) in [5.74, 6) is -0.528. The third kappa shape index (κ3) is 2.54. The summed E-state index contributed by atoms with van der Waals surface area (Å²) in [6.45, 7) is 1.04. The molecule has 134 valence electrons. The number of hydrogen-bond donors (Lipinski definition) is 3. The Bertz CT molecular complexity index is 828. The fourth-order valence-corrected chi connectivity index (χ4v) is 3.94. The van der Waals surface area contributed by atoms with Crippen molar-refractivity contribution in [2.45, 2.75) is 18.4 Å². The molecule has 8 nitrogen and oxygen atoms in total. The zero-order valence-corrected chi connectivity index (χ0v) is 14.1. The Kier molecular flexibility index (Phi) is 3.95. The van der Waals surface area contributed by atoms with Crippen LogP contribution in [0.25, 0.3) is 0 Å². The number of nitrogens with zero attached hydrogens (tertiary/aromatic N) is 2. The number of imide groups is 1. The molecule has 2 aliphatic heterocycles. The average molecular weight is 353 g/mol. The second-order valence-electron chi connectivity index (χ2n) is 6.61. The van der Waals surface area contributed by atoms with Crippen molar-refractivity contribution in [3.05, 3.63) is 54.1 Å². The SMILES string of the molecule is O=C1NC(=O)[C@](c2cccnc2)(C2CCN(C(=O)c3ccc[nH]3)CC2)N1. The summed E-state index contributed by atoms with van der Waals surface area (Å²) in [5, 5.41) is 5.18. The van der Waals surface area contributed by atoms with Crippen LogP contribution in [0.15, 0.2) is 42.9 Å². The quantitative estimate of drug-likeness (QED) is 0.716. The molecular weight excluding hydrogens is 334 g/mol. The van der Waals surface area contributed by atoms with Crippen LogP contribution in [0.4, 0.5) is 4.79 Å². The Labute approximate surface area is 150 Å². The van der Waals surface area contributed by atoms with Crippen LogP contribution < -0.4 is 10.6 Å². The van der Waals surface area contributed by atoms with Crippen LogP contribution in [-0.4, -0.2) is 45.8 Å². The molecule has 0 saturated carbocycles. The molecule has 0 unspecified atom stereocenters. The molecule has 2 fully saturated rings. The van der Waals surface area contributed by atoms with Crippen molar-refractivity contribution in [1.82, 2.24) is 25.5 Å². The Morgan fingerprint density at radius 2 is 2.00 bits per heavy atom. The summed E-state index contributed by atoms with van der Waals surface area (Å²) in [5.41, 5.74) is 0.0854. The van der Waals surface area contributed by atoms with Gasteiger partial charge in [-0.05, 0) is 37.0 Å². The first kappa shape index (κ1) is 16.3. The second kappa shape index (κ2) is 6.29. The van der Waals surface area contributed by atoms with Gasteiger partial charge in [-0.2, -0.15) is 0 Å². The molecule has 4 rings (SSSR count). The van der Waals surface area contributed by atoms with Gasteiger partial charge in [-0.1, -0.05) is 6.07 Å². The van der Waals surface area contributed by atoms with Crippen LogP contribution in [0.2, 0.25) is 0 Å². The van der Waals surface area contributed by atoms with Gasteiger partial charge in [0.15, 0.2) is 5.54 Å². The molecule has 4 amide bonds. The summed E-state index contributed by atoms with van der Waals surface area (Å²) in [6, 6.07) is 6.59. The van der Waals surface area contributed by atoms with E-state index < -0.39 is 11.6 Å². The topological polar surface area (TPSA) is 107 Å². The molecule has 2 aliphatic rings. The maximum absolute atomic E-state index is 12.7. The number of pyridine rings is 1. The fourth-order valence-electron chi connectivity index (χ4n) is 3.94. The third-order valence-electron chi connectivity index (χ3n) is 5.24. The number of aromatic nitrogens is 2. The number of nitrogens with one attached hydrogen (secondary N) is 3. The smallest absolute Gasteiger partial charge is 0.322 e. The van der Waals surface area contributed by atoms with Gasteiger partial charge in [0.2, 0.25) is 0 Å². The summed E-state index contributed by atoms with van der Waals surface area (Å²) in [6.07, 6.45) is 6.17. The number of carbonyl (C=O) groups excluding carboxylic acids is 3. The average Bonchev–Trinajstić information content (AvgIpc) is 3.30. The third-order valence-corrected chi connectivity index (χ3v) is 5.24. The van der Waals surface area contributed by atoms with E-state index in [1.54, 1.807) is 47.8 Å². The highest BCUT2D eigenvalue weighted by molar-refractivity contribution is 6.07. The number of H-pyrrole nitrogens is 1. The first-order valence-electron chi connectivity index (χ1n) is 8.58. The van der Waals surface area contributed by atoms with Crippen molar-refractivity contribution in [3.8, 4) is 0 Å². The molecule has 2 saturated heterocycles. The first-order valence-corrected chi connectivity index (χ1v) is 8.58. The molecule has 0 radical (unpaired) electrons. The molecule has 0 spiro atoms. The Hall–Kier alpha value is -3.16. The molecule has 0 aliphatic carbocycles. The molecule has 8 heteroatoms. The van der Waals surface area contributed by atoms with Gasteiger partial charge in [0.1, 0.15) is 5.69 Å². The zero-order valence-electron chi connectivity index (χ0n) is 14.1. The number of aromatic amines is 1. The normalized spacial score (nSPS) is 23.6. The van der Waals surface area contributed by atoms with Gasteiger partial charge in [-0.25, -0.2) is 4.79 Å². The van der Waals surface area contributed by atoms with Gasteiger partial charge in [-0.3, -0.25) is 19.9 Å². The molecule has 4 heterocycles. The van der Waals surface area contributed by atoms with E-state index in [0.29, 0.717) is 37.2 Å². The van der Waals surface area contributed by atoms with Crippen molar-refractivity contribution in [2.75, 3.05) is 13.1 Å². The minimum Gasteiger partial charge on any atom is -0.357 e. The molecule has 2 aromatic rings. The minimum atomic E-state index is -1.13. The van der Waals surface area contributed by atoms with E-state index in [-0.39, 0.29) is 17.7 Å². The highest BCUT2D eigenvalue weighted by Gasteiger charge is 2.53. The molecule has 2 aromatic heterocycles. The second-order valence-corrected chi connectivity index (χ2v) is 6.61. The molecule has 1 atom stereocenters. The van der Waals surface area contributed by atoms with Gasteiger partial charge in [0, 0.05) is 37.2 Å². The summed E-state index contributed by atoms with van der Waals surface area (Å²) < 4.78 is 0. The van der Waals surface area contributed by atoms with Crippen molar-refractivity contribution < 1.29 is 14.4 Å². The van der Waals surface area contributed by atoms with Gasteiger partial charge < -0.3 is 15.2 Å². The van der Waals surface area contributed by atoms with Crippen LogP contribution in [0.3, 0.4) is 0 Å². The molecule has 0 bridgehead atoms. The molecule has 3 N–H and O–H groups in total. The van der Waals surface area contributed by atoms with Gasteiger partial charge >= 0.3 is 6.03 Å².